The lowest BCUT2D eigenvalue weighted by Gasteiger charge is -2.19. The summed E-state index contributed by atoms with van der Waals surface area (Å²) < 4.78 is 5.50. The smallest absolute Gasteiger partial charge is 0.119 e. The third-order valence-electron chi connectivity index (χ3n) is 3.62. The minimum absolute atomic E-state index is 0.253. The standard InChI is InChI=1S/C17H22N2O2/c18-10-14-6-8-17(9-7-14)21-13-16(20)12-19-11-15-4-2-1-3-5-15/h1-2,6-9,15-16,19-20H,3-5,11-13H2. The van der Waals surface area contributed by atoms with E-state index in [-0.39, 0.29) is 6.61 Å². The van der Waals surface area contributed by atoms with E-state index in [4.69, 9.17) is 10.00 Å². The van der Waals surface area contributed by atoms with Crippen LogP contribution in [0.3, 0.4) is 0 Å². The highest BCUT2D eigenvalue weighted by Crippen LogP contribution is 2.16. The molecule has 0 fully saturated rings. The normalized spacial score (nSPS) is 19.0. The monoisotopic (exact) mass is 286 g/mol. The highest BCUT2D eigenvalue weighted by molar-refractivity contribution is 5.34. The van der Waals surface area contributed by atoms with Crippen LogP contribution in [0.15, 0.2) is 36.4 Å². The molecule has 1 aliphatic rings. The molecule has 0 radical (unpaired) electrons. The van der Waals surface area contributed by atoms with E-state index in [2.05, 4.69) is 23.5 Å². The first-order valence-corrected chi connectivity index (χ1v) is 7.44. The van der Waals surface area contributed by atoms with Crippen LogP contribution in [0.1, 0.15) is 24.8 Å². The summed E-state index contributed by atoms with van der Waals surface area (Å²) >= 11 is 0. The summed E-state index contributed by atoms with van der Waals surface area (Å²) in [6.45, 7) is 1.73. The Morgan fingerprint density at radius 2 is 2.14 bits per heavy atom. The number of ether oxygens (including phenoxy) is 1. The quantitative estimate of drug-likeness (QED) is 0.755. The summed E-state index contributed by atoms with van der Waals surface area (Å²) in [5.74, 6) is 1.35. The highest BCUT2D eigenvalue weighted by atomic mass is 16.5. The average molecular weight is 286 g/mol. The number of hydrogen-bond donors (Lipinski definition) is 2. The van der Waals surface area contributed by atoms with E-state index >= 15 is 0 Å². The summed E-state index contributed by atoms with van der Waals surface area (Å²) in [6, 6.07) is 8.95. The summed E-state index contributed by atoms with van der Waals surface area (Å²) in [4.78, 5) is 0. The first-order valence-electron chi connectivity index (χ1n) is 7.44. The molecule has 0 heterocycles. The summed E-state index contributed by atoms with van der Waals surface area (Å²) in [7, 11) is 0. The second-order valence-corrected chi connectivity index (χ2v) is 5.41. The molecule has 4 heteroatoms. The Hall–Kier alpha value is -1.83. The molecule has 1 aromatic rings. The van der Waals surface area contributed by atoms with Crippen LogP contribution < -0.4 is 10.1 Å². The Morgan fingerprint density at radius 3 is 2.81 bits per heavy atom. The molecule has 2 unspecified atom stereocenters. The fraction of sp³-hybridized carbons (Fsp3) is 0.471. The largest absolute Gasteiger partial charge is 0.491 e. The average Bonchev–Trinajstić information content (AvgIpc) is 2.54. The molecule has 0 saturated heterocycles. The number of benzene rings is 1. The predicted octanol–water partition coefficient (Wildman–Crippen LogP) is 2.24. The molecule has 2 atom stereocenters. The molecule has 0 saturated carbocycles. The number of aliphatic hydroxyl groups excluding tert-OH is 1. The van der Waals surface area contributed by atoms with Gasteiger partial charge in [0.1, 0.15) is 18.5 Å². The third-order valence-corrected chi connectivity index (χ3v) is 3.62. The van der Waals surface area contributed by atoms with Crippen molar-refractivity contribution >= 4 is 0 Å². The van der Waals surface area contributed by atoms with Crippen molar-refractivity contribution in [2.75, 3.05) is 19.7 Å². The van der Waals surface area contributed by atoms with Gasteiger partial charge < -0.3 is 15.2 Å². The number of nitrogens with zero attached hydrogens (tertiary/aromatic N) is 1. The van der Waals surface area contributed by atoms with Crippen LogP contribution in [0.2, 0.25) is 0 Å². The molecule has 0 spiro atoms. The number of nitriles is 1. The lowest BCUT2D eigenvalue weighted by molar-refractivity contribution is 0.105. The first kappa shape index (κ1) is 15.6. The molecule has 1 aliphatic carbocycles. The van der Waals surface area contributed by atoms with Crippen LogP contribution in [0.25, 0.3) is 0 Å². The second-order valence-electron chi connectivity index (χ2n) is 5.41. The van der Waals surface area contributed by atoms with Gasteiger partial charge in [0.05, 0.1) is 11.6 Å². The first-order chi connectivity index (χ1) is 10.3. The van der Waals surface area contributed by atoms with Gasteiger partial charge in [-0.1, -0.05) is 12.2 Å². The fourth-order valence-corrected chi connectivity index (χ4v) is 2.37. The van der Waals surface area contributed by atoms with Gasteiger partial charge in [0.15, 0.2) is 0 Å². The Kier molecular flexibility index (Phi) is 6.26. The van der Waals surface area contributed by atoms with Crippen LogP contribution in [0.4, 0.5) is 0 Å². The van der Waals surface area contributed by atoms with E-state index < -0.39 is 6.10 Å². The molecular formula is C17H22N2O2. The molecule has 112 valence electrons. The number of hydrogen-bond acceptors (Lipinski definition) is 4. The minimum Gasteiger partial charge on any atom is -0.491 e. The molecule has 21 heavy (non-hydrogen) atoms. The van der Waals surface area contributed by atoms with Gasteiger partial charge in [-0.2, -0.15) is 5.26 Å². The molecular weight excluding hydrogens is 264 g/mol. The van der Waals surface area contributed by atoms with Crippen molar-refractivity contribution in [1.82, 2.24) is 5.32 Å². The molecule has 2 rings (SSSR count). The highest BCUT2D eigenvalue weighted by Gasteiger charge is 2.11. The zero-order valence-electron chi connectivity index (χ0n) is 12.2. The number of allylic oxidation sites excluding steroid dienone is 2. The van der Waals surface area contributed by atoms with Gasteiger partial charge in [0.25, 0.3) is 0 Å². The van der Waals surface area contributed by atoms with Crippen molar-refractivity contribution in [3.63, 3.8) is 0 Å². The van der Waals surface area contributed by atoms with Gasteiger partial charge in [-0.3, -0.25) is 0 Å². The molecule has 0 bridgehead atoms. The minimum atomic E-state index is -0.528. The van der Waals surface area contributed by atoms with Gasteiger partial charge >= 0.3 is 0 Å². The zero-order chi connectivity index (χ0) is 14.9. The fourth-order valence-electron chi connectivity index (χ4n) is 2.37. The van der Waals surface area contributed by atoms with Crippen molar-refractivity contribution in [3.05, 3.63) is 42.0 Å². The van der Waals surface area contributed by atoms with Crippen molar-refractivity contribution in [2.45, 2.75) is 25.4 Å². The molecule has 1 aromatic carbocycles. The topological polar surface area (TPSA) is 65.3 Å². The van der Waals surface area contributed by atoms with E-state index in [1.54, 1.807) is 24.3 Å². The van der Waals surface area contributed by atoms with Crippen molar-refractivity contribution < 1.29 is 9.84 Å². The molecule has 0 amide bonds. The van der Waals surface area contributed by atoms with Gasteiger partial charge in [0, 0.05) is 6.54 Å². The predicted molar refractivity (Wildman–Crippen MR) is 82.0 cm³/mol. The van der Waals surface area contributed by atoms with E-state index in [1.807, 2.05) is 0 Å². The van der Waals surface area contributed by atoms with Gasteiger partial charge in [-0.05, 0) is 56.0 Å². The maximum absolute atomic E-state index is 9.89. The Morgan fingerprint density at radius 1 is 1.33 bits per heavy atom. The van der Waals surface area contributed by atoms with E-state index in [9.17, 15) is 5.11 Å². The summed E-state index contributed by atoms with van der Waals surface area (Å²) in [5.41, 5.74) is 0.603. The van der Waals surface area contributed by atoms with Crippen molar-refractivity contribution in [3.8, 4) is 11.8 Å². The van der Waals surface area contributed by atoms with Crippen molar-refractivity contribution in [1.29, 1.82) is 5.26 Å². The number of nitrogens with one attached hydrogen (secondary N) is 1. The van der Waals surface area contributed by atoms with E-state index in [0.29, 0.717) is 23.8 Å². The molecule has 4 nitrogen and oxygen atoms in total. The van der Waals surface area contributed by atoms with Crippen molar-refractivity contribution in [2.24, 2.45) is 5.92 Å². The van der Waals surface area contributed by atoms with Gasteiger partial charge in [-0.25, -0.2) is 0 Å². The van der Waals surface area contributed by atoms with Gasteiger partial charge in [0.2, 0.25) is 0 Å². The number of rotatable bonds is 7. The lowest BCUT2D eigenvalue weighted by Crippen LogP contribution is -2.34. The molecule has 2 N–H and O–H groups in total. The summed E-state index contributed by atoms with van der Waals surface area (Å²) in [5, 5.41) is 21.9. The molecule has 0 aromatic heterocycles. The van der Waals surface area contributed by atoms with Crippen LogP contribution in [0, 0.1) is 17.2 Å². The van der Waals surface area contributed by atoms with E-state index in [0.717, 1.165) is 19.4 Å². The van der Waals surface area contributed by atoms with Gasteiger partial charge in [-0.15, -0.1) is 0 Å². The second kappa shape index (κ2) is 8.46. The van der Waals surface area contributed by atoms with Crippen LogP contribution in [-0.2, 0) is 0 Å². The van der Waals surface area contributed by atoms with Crippen LogP contribution in [0.5, 0.6) is 5.75 Å². The molecule has 0 aliphatic heterocycles. The Labute approximate surface area is 126 Å². The maximum atomic E-state index is 9.89. The van der Waals surface area contributed by atoms with Crippen LogP contribution in [-0.4, -0.2) is 30.9 Å². The maximum Gasteiger partial charge on any atom is 0.119 e. The third kappa shape index (κ3) is 5.58. The Balaban J connectivity index is 1.61. The zero-order valence-corrected chi connectivity index (χ0v) is 12.2. The Bertz CT molecular complexity index is 491. The summed E-state index contributed by atoms with van der Waals surface area (Å²) in [6.07, 6.45) is 7.46. The van der Waals surface area contributed by atoms with Crippen LogP contribution >= 0.6 is 0 Å². The number of aliphatic hydroxyl groups is 1. The SMILES string of the molecule is N#Cc1ccc(OCC(O)CNCC2CC=CCC2)cc1. The lowest BCUT2D eigenvalue weighted by atomic mass is 9.94. The van der Waals surface area contributed by atoms with E-state index in [1.165, 1.54) is 6.42 Å².